The van der Waals surface area contributed by atoms with Crippen LogP contribution in [0.15, 0.2) is 30.3 Å². The van der Waals surface area contributed by atoms with Crippen LogP contribution in [0.2, 0.25) is 0 Å². The Kier molecular flexibility index (Phi) is 4.68. The Morgan fingerprint density at radius 3 is 2.48 bits per heavy atom. The van der Waals surface area contributed by atoms with E-state index in [-0.39, 0.29) is 18.2 Å². The summed E-state index contributed by atoms with van der Waals surface area (Å²) in [6, 6.07) is 6.63. The zero-order valence-corrected chi connectivity index (χ0v) is 12.4. The monoisotopic (exact) mass is 317 g/mol. The van der Waals surface area contributed by atoms with Crippen molar-refractivity contribution in [1.82, 2.24) is 5.32 Å². The zero-order chi connectivity index (χ0) is 15.6. The quantitative estimate of drug-likeness (QED) is 0.777. The average molecular weight is 317 g/mol. The molecule has 1 heterocycles. The molecule has 0 bridgehead atoms. The van der Waals surface area contributed by atoms with Gasteiger partial charge in [-0.1, -0.05) is 6.07 Å². The Balaban J connectivity index is 2.13. The maximum atomic E-state index is 13.0. The first kappa shape index (κ1) is 16.0. The maximum Gasteiger partial charge on any atom is 0.416 e. The lowest BCUT2D eigenvalue weighted by Crippen LogP contribution is -2.20. The van der Waals surface area contributed by atoms with E-state index >= 15 is 0 Å². The van der Waals surface area contributed by atoms with Crippen LogP contribution in [0, 0.1) is 12.7 Å². The molecule has 0 aliphatic rings. The van der Waals surface area contributed by atoms with E-state index < -0.39 is 17.6 Å². The van der Waals surface area contributed by atoms with Gasteiger partial charge in [-0.25, -0.2) is 4.39 Å². The van der Waals surface area contributed by atoms with Crippen molar-refractivity contribution in [2.45, 2.75) is 32.6 Å². The van der Waals surface area contributed by atoms with Crippen LogP contribution in [-0.4, -0.2) is 0 Å². The first-order chi connectivity index (χ1) is 9.77. The third-order valence-corrected chi connectivity index (χ3v) is 4.35. The van der Waals surface area contributed by atoms with Gasteiger partial charge in [0.1, 0.15) is 5.82 Å². The Bertz CT molecular complexity index is 618. The summed E-state index contributed by atoms with van der Waals surface area (Å²) in [7, 11) is 0. The molecule has 1 N–H and O–H groups in total. The lowest BCUT2D eigenvalue weighted by Gasteiger charge is -2.16. The molecule has 21 heavy (non-hydrogen) atoms. The van der Waals surface area contributed by atoms with Gasteiger partial charge in [0.15, 0.2) is 0 Å². The zero-order valence-electron chi connectivity index (χ0n) is 11.6. The fraction of sp³-hybridized carbons (Fsp3) is 0.333. The molecule has 0 saturated heterocycles. The third-order valence-electron chi connectivity index (χ3n) is 3.16. The van der Waals surface area contributed by atoms with E-state index in [1.54, 1.807) is 11.3 Å². The topological polar surface area (TPSA) is 12.0 Å². The van der Waals surface area contributed by atoms with Crippen molar-refractivity contribution in [3.63, 3.8) is 0 Å². The summed E-state index contributed by atoms with van der Waals surface area (Å²) in [5, 5.41) is 3.05. The molecule has 0 saturated carbocycles. The summed E-state index contributed by atoms with van der Waals surface area (Å²) in [6.07, 6.45) is -4.55. The van der Waals surface area contributed by atoms with Crippen LogP contribution in [0.5, 0.6) is 0 Å². The third kappa shape index (κ3) is 4.04. The lowest BCUT2D eigenvalue weighted by atomic mass is 10.1. The molecule has 0 spiro atoms. The fourth-order valence-electron chi connectivity index (χ4n) is 2.02. The van der Waals surface area contributed by atoms with E-state index in [2.05, 4.69) is 5.32 Å². The number of hydrogen-bond donors (Lipinski definition) is 1. The highest BCUT2D eigenvalue weighted by atomic mass is 32.1. The first-order valence-electron chi connectivity index (χ1n) is 6.42. The van der Waals surface area contributed by atoms with Crippen LogP contribution in [-0.2, 0) is 12.7 Å². The highest BCUT2D eigenvalue weighted by Crippen LogP contribution is 2.33. The van der Waals surface area contributed by atoms with E-state index in [1.165, 1.54) is 6.07 Å². The van der Waals surface area contributed by atoms with Crippen LogP contribution in [0.3, 0.4) is 0 Å². The molecule has 1 atom stereocenters. The minimum absolute atomic E-state index is 0.0350. The normalized spacial score (nSPS) is 13.4. The Morgan fingerprint density at radius 2 is 1.90 bits per heavy atom. The number of hydrogen-bond acceptors (Lipinski definition) is 2. The van der Waals surface area contributed by atoms with Crippen LogP contribution in [0.4, 0.5) is 17.6 Å². The lowest BCUT2D eigenvalue weighted by molar-refractivity contribution is -0.138. The molecule has 1 unspecified atom stereocenters. The Hall–Kier alpha value is -1.40. The molecule has 2 aromatic rings. The molecule has 6 heteroatoms. The van der Waals surface area contributed by atoms with Crippen LogP contribution >= 0.6 is 11.3 Å². The number of aryl methyl sites for hydroxylation is 1. The fourth-order valence-corrected chi connectivity index (χ4v) is 2.92. The van der Waals surface area contributed by atoms with Gasteiger partial charge >= 0.3 is 6.18 Å². The van der Waals surface area contributed by atoms with Crippen molar-refractivity contribution in [3.8, 4) is 0 Å². The van der Waals surface area contributed by atoms with Gasteiger partial charge in [-0.3, -0.25) is 0 Å². The van der Waals surface area contributed by atoms with E-state index in [0.717, 1.165) is 15.8 Å². The largest absolute Gasteiger partial charge is 0.416 e. The first-order valence-corrected chi connectivity index (χ1v) is 7.24. The Labute approximate surface area is 124 Å². The minimum atomic E-state index is -4.55. The van der Waals surface area contributed by atoms with Gasteiger partial charge in [-0.05, 0) is 43.7 Å². The van der Waals surface area contributed by atoms with Gasteiger partial charge < -0.3 is 5.32 Å². The number of rotatable bonds is 4. The van der Waals surface area contributed by atoms with Crippen LogP contribution in [0.25, 0.3) is 0 Å². The second-order valence-electron chi connectivity index (χ2n) is 4.85. The van der Waals surface area contributed by atoms with E-state index in [1.807, 2.05) is 26.0 Å². The SMILES string of the molecule is Cc1ccc(C(C)NCc2ccc(F)cc2C(F)(F)F)s1. The predicted molar refractivity (Wildman–Crippen MR) is 75.7 cm³/mol. The van der Waals surface area contributed by atoms with Crippen molar-refractivity contribution in [1.29, 1.82) is 0 Å². The summed E-state index contributed by atoms with van der Waals surface area (Å²) in [5.74, 6) is -0.881. The predicted octanol–water partition coefficient (Wildman–Crippen LogP) is 5.07. The number of benzene rings is 1. The molecule has 0 aliphatic heterocycles. The van der Waals surface area contributed by atoms with Crippen molar-refractivity contribution in [2.24, 2.45) is 0 Å². The molecule has 0 radical (unpaired) electrons. The maximum absolute atomic E-state index is 13.0. The van der Waals surface area contributed by atoms with Gasteiger partial charge in [0.05, 0.1) is 5.56 Å². The number of thiophene rings is 1. The summed E-state index contributed by atoms with van der Waals surface area (Å²) < 4.78 is 51.7. The van der Waals surface area contributed by atoms with Crippen molar-refractivity contribution in [3.05, 3.63) is 57.0 Å². The molecule has 1 nitrogen and oxygen atoms in total. The number of halogens is 4. The molecule has 0 aliphatic carbocycles. The smallest absolute Gasteiger partial charge is 0.305 e. The molecular formula is C15H15F4NS. The van der Waals surface area contributed by atoms with Crippen LogP contribution in [0.1, 0.15) is 33.8 Å². The van der Waals surface area contributed by atoms with Gasteiger partial charge in [0.25, 0.3) is 0 Å². The summed E-state index contributed by atoms with van der Waals surface area (Å²) in [4.78, 5) is 2.21. The molecule has 1 aromatic heterocycles. The highest BCUT2D eigenvalue weighted by molar-refractivity contribution is 7.12. The van der Waals surface area contributed by atoms with Crippen LogP contribution < -0.4 is 5.32 Å². The molecule has 0 amide bonds. The van der Waals surface area contributed by atoms with E-state index in [9.17, 15) is 17.6 Å². The van der Waals surface area contributed by atoms with Gasteiger partial charge in [-0.2, -0.15) is 13.2 Å². The molecule has 114 valence electrons. The molecule has 1 aromatic carbocycles. The molecular weight excluding hydrogens is 302 g/mol. The minimum Gasteiger partial charge on any atom is -0.305 e. The van der Waals surface area contributed by atoms with Crippen molar-refractivity contribution in [2.75, 3.05) is 0 Å². The van der Waals surface area contributed by atoms with Gasteiger partial charge in [-0.15, -0.1) is 11.3 Å². The second kappa shape index (κ2) is 6.15. The summed E-state index contributed by atoms with van der Waals surface area (Å²) in [5.41, 5.74) is -0.881. The highest BCUT2D eigenvalue weighted by Gasteiger charge is 2.33. The number of nitrogens with one attached hydrogen (secondary N) is 1. The Morgan fingerprint density at radius 1 is 1.19 bits per heavy atom. The molecule has 0 fully saturated rings. The van der Waals surface area contributed by atoms with E-state index in [0.29, 0.717) is 6.07 Å². The van der Waals surface area contributed by atoms with E-state index in [4.69, 9.17) is 0 Å². The van der Waals surface area contributed by atoms with Crippen molar-refractivity contribution >= 4 is 11.3 Å². The van der Waals surface area contributed by atoms with Crippen molar-refractivity contribution < 1.29 is 17.6 Å². The average Bonchev–Trinajstić information content (AvgIpc) is 2.82. The standard InChI is InChI=1S/C15H15F4NS/c1-9-3-6-14(21-9)10(2)20-8-11-4-5-12(16)7-13(11)15(17,18)19/h3-7,10,20H,8H2,1-2H3. The summed E-state index contributed by atoms with van der Waals surface area (Å²) in [6.45, 7) is 3.90. The van der Waals surface area contributed by atoms with Gasteiger partial charge in [0, 0.05) is 22.3 Å². The second-order valence-corrected chi connectivity index (χ2v) is 6.17. The number of alkyl halides is 3. The molecule has 2 rings (SSSR count). The van der Waals surface area contributed by atoms with Gasteiger partial charge in [0.2, 0.25) is 0 Å². The summed E-state index contributed by atoms with van der Waals surface area (Å²) >= 11 is 1.60.